The van der Waals surface area contributed by atoms with E-state index in [-0.39, 0.29) is 0 Å². The van der Waals surface area contributed by atoms with E-state index in [2.05, 4.69) is 15.1 Å². The smallest absolute Gasteiger partial charge is 0.172 e. The molecule has 0 saturated heterocycles. The second-order valence-corrected chi connectivity index (χ2v) is 2.09. The minimum atomic E-state index is 0.792. The third kappa shape index (κ3) is 0.655. The van der Waals surface area contributed by atoms with Gasteiger partial charge in [0.05, 0.1) is 18.1 Å². The van der Waals surface area contributed by atoms with Crippen molar-refractivity contribution in [3.8, 4) is 0 Å². The molecule has 4 heteroatoms. The first kappa shape index (κ1) is 5.34. The summed E-state index contributed by atoms with van der Waals surface area (Å²) >= 11 is 0. The first-order valence-electron chi connectivity index (χ1n) is 2.98. The highest BCUT2D eigenvalue weighted by Crippen LogP contribution is 1.97. The van der Waals surface area contributed by atoms with E-state index in [4.69, 9.17) is 0 Å². The molecule has 0 aromatic carbocycles. The topological polar surface area (TPSA) is 43.1 Å². The maximum atomic E-state index is 4.15. The van der Waals surface area contributed by atoms with Crippen molar-refractivity contribution in [1.29, 1.82) is 0 Å². The number of nitrogens with zero attached hydrogens (tertiary/aromatic N) is 4. The van der Waals surface area contributed by atoms with Gasteiger partial charge < -0.3 is 0 Å². The van der Waals surface area contributed by atoms with Gasteiger partial charge in [-0.15, -0.1) is 0 Å². The van der Waals surface area contributed by atoms with Gasteiger partial charge in [0, 0.05) is 0 Å². The molecular formula is C6H6N4. The van der Waals surface area contributed by atoms with E-state index in [1.54, 1.807) is 10.7 Å². The highest BCUT2D eigenvalue weighted by atomic mass is 15.3. The largest absolute Gasteiger partial charge is 0.239 e. The first-order valence-corrected chi connectivity index (χ1v) is 2.98. The van der Waals surface area contributed by atoms with Crippen molar-refractivity contribution in [2.24, 2.45) is 0 Å². The highest BCUT2D eigenvalue weighted by Gasteiger charge is 1.94. The molecule has 0 fully saturated rings. The van der Waals surface area contributed by atoms with E-state index in [9.17, 15) is 0 Å². The minimum absolute atomic E-state index is 0.792. The summed E-state index contributed by atoms with van der Waals surface area (Å²) in [6.45, 7) is 1.93. The molecule has 0 bridgehead atoms. The fraction of sp³-hybridized carbons (Fsp3) is 0.167. The Morgan fingerprint density at radius 1 is 1.50 bits per heavy atom. The Morgan fingerprint density at radius 2 is 2.40 bits per heavy atom. The molecule has 0 atom stereocenters. The number of imidazole rings is 1. The van der Waals surface area contributed by atoms with Crippen molar-refractivity contribution in [2.45, 2.75) is 6.92 Å². The molecule has 0 aliphatic heterocycles. The standard InChI is InChI=1S/C6H6N4/c1-5-3-10-6(9-5)2-7-4-8-10/h2-4H,1H3. The molecule has 0 saturated carbocycles. The predicted octanol–water partition coefficient (Wildman–Crippen LogP) is 0.433. The van der Waals surface area contributed by atoms with E-state index >= 15 is 0 Å². The lowest BCUT2D eigenvalue weighted by Gasteiger charge is -1.84. The molecule has 0 unspecified atom stereocenters. The monoisotopic (exact) mass is 134 g/mol. The highest BCUT2D eigenvalue weighted by molar-refractivity contribution is 5.33. The van der Waals surface area contributed by atoms with Gasteiger partial charge in [-0.2, -0.15) is 5.10 Å². The molecule has 2 aromatic rings. The normalized spacial score (nSPS) is 10.5. The van der Waals surface area contributed by atoms with Gasteiger partial charge in [-0.1, -0.05) is 0 Å². The van der Waals surface area contributed by atoms with Crippen LogP contribution >= 0.6 is 0 Å². The molecule has 4 nitrogen and oxygen atoms in total. The molecule has 0 N–H and O–H groups in total. The summed E-state index contributed by atoms with van der Waals surface area (Å²) in [7, 11) is 0. The molecule has 0 aliphatic rings. The van der Waals surface area contributed by atoms with E-state index in [0.717, 1.165) is 11.3 Å². The predicted molar refractivity (Wildman–Crippen MR) is 35.5 cm³/mol. The molecular weight excluding hydrogens is 128 g/mol. The number of hydrogen-bond donors (Lipinski definition) is 0. The summed E-state index contributed by atoms with van der Waals surface area (Å²) in [6.07, 6.45) is 5.03. The van der Waals surface area contributed by atoms with Gasteiger partial charge >= 0.3 is 0 Å². The zero-order chi connectivity index (χ0) is 6.97. The lowest BCUT2D eigenvalue weighted by molar-refractivity contribution is 0.896. The Balaban J connectivity index is 2.88. The van der Waals surface area contributed by atoms with E-state index in [0.29, 0.717) is 0 Å². The summed E-state index contributed by atoms with van der Waals surface area (Å²) in [5, 5.41) is 3.95. The molecule has 2 aromatic heterocycles. The van der Waals surface area contributed by atoms with Gasteiger partial charge in [0.1, 0.15) is 6.33 Å². The van der Waals surface area contributed by atoms with Gasteiger partial charge in [0.15, 0.2) is 5.65 Å². The van der Waals surface area contributed by atoms with Gasteiger partial charge in [-0.25, -0.2) is 14.5 Å². The van der Waals surface area contributed by atoms with E-state index in [1.807, 2.05) is 13.1 Å². The van der Waals surface area contributed by atoms with Crippen LogP contribution in [0.1, 0.15) is 5.69 Å². The quantitative estimate of drug-likeness (QED) is 0.524. The van der Waals surface area contributed by atoms with Crippen molar-refractivity contribution in [3.63, 3.8) is 0 Å². The second-order valence-electron chi connectivity index (χ2n) is 2.09. The molecule has 2 rings (SSSR count). The molecule has 50 valence electrons. The molecule has 0 radical (unpaired) electrons. The Bertz CT molecular complexity index is 318. The van der Waals surface area contributed by atoms with Crippen LogP contribution in [0.25, 0.3) is 5.65 Å². The average Bonchev–Trinajstić information content (AvgIpc) is 2.27. The number of aryl methyl sites for hydroxylation is 1. The maximum absolute atomic E-state index is 4.15. The summed E-state index contributed by atoms with van der Waals surface area (Å²) in [4.78, 5) is 7.98. The van der Waals surface area contributed by atoms with Crippen LogP contribution in [0.2, 0.25) is 0 Å². The summed E-state index contributed by atoms with van der Waals surface area (Å²) in [5.74, 6) is 0. The van der Waals surface area contributed by atoms with Crippen LogP contribution < -0.4 is 0 Å². The Labute approximate surface area is 57.5 Å². The molecule has 0 spiro atoms. The van der Waals surface area contributed by atoms with Gasteiger partial charge in [-0.3, -0.25) is 0 Å². The molecule has 0 aliphatic carbocycles. The van der Waals surface area contributed by atoms with Crippen molar-refractivity contribution in [3.05, 3.63) is 24.4 Å². The minimum Gasteiger partial charge on any atom is -0.239 e. The van der Waals surface area contributed by atoms with Gasteiger partial charge in [-0.05, 0) is 6.92 Å². The maximum Gasteiger partial charge on any atom is 0.172 e. The van der Waals surface area contributed by atoms with Crippen LogP contribution in [-0.2, 0) is 0 Å². The summed E-state index contributed by atoms with van der Waals surface area (Å²) in [5.41, 5.74) is 1.75. The molecule has 2 heterocycles. The van der Waals surface area contributed by atoms with Crippen molar-refractivity contribution >= 4 is 5.65 Å². The lowest BCUT2D eigenvalue weighted by atomic mass is 10.6. The number of rotatable bonds is 0. The Hall–Kier alpha value is -1.45. The third-order valence-corrected chi connectivity index (χ3v) is 1.27. The Kier molecular flexibility index (Phi) is 0.943. The van der Waals surface area contributed by atoms with Crippen LogP contribution in [0.3, 0.4) is 0 Å². The fourth-order valence-electron chi connectivity index (χ4n) is 0.870. The second kappa shape index (κ2) is 1.76. The number of fused-ring (bicyclic) bond motifs is 1. The van der Waals surface area contributed by atoms with Gasteiger partial charge in [0.25, 0.3) is 0 Å². The number of aromatic nitrogens is 4. The van der Waals surface area contributed by atoms with Crippen LogP contribution in [0.4, 0.5) is 0 Å². The molecule has 10 heavy (non-hydrogen) atoms. The van der Waals surface area contributed by atoms with Crippen molar-refractivity contribution in [1.82, 2.24) is 19.6 Å². The summed E-state index contributed by atoms with van der Waals surface area (Å²) in [6, 6.07) is 0. The van der Waals surface area contributed by atoms with Gasteiger partial charge in [0.2, 0.25) is 0 Å². The van der Waals surface area contributed by atoms with Crippen LogP contribution in [0.15, 0.2) is 18.7 Å². The number of hydrogen-bond acceptors (Lipinski definition) is 3. The SMILES string of the molecule is Cc1cn2ncncc2n1. The van der Waals surface area contributed by atoms with Crippen LogP contribution in [-0.4, -0.2) is 19.6 Å². The lowest BCUT2D eigenvalue weighted by Crippen LogP contribution is -1.88. The van der Waals surface area contributed by atoms with E-state index in [1.165, 1.54) is 6.33 Å². The van der Waals surface area contributed by atoms with E-state index < -0.39 is 0 Å². The van der Waals surface area contributed by atoms with Crippen LogP contribution in [0, 0.1) is 6.92 Å². The fourth-order valence-corrected chi connectivity index (χ4v) is 0.870. The van der Waals surface area contributed by atoms with Crippen LogP contribution in [0.5, 0.6) is 0 Å². The average molecular weight is 134 g/mol. The summed E-state index contributed by atoms with van der Waals surface area (Å²) < 4.78 is 1.70. The zero-order valence-corrected chi connectivity index (χ0v) is 5.52. The third-order valence-electron chi connectivity index (χ3n) is 1.27. The van der Waals surface area contributed by atoms with Crippen molar-refractivity contribution in [2.75, 3.05) is 0 Å². The Morgan fingerprint density at radius 3 is 3.20 bits per heavy atom. The molecule has 0 amide bonds. The first-order chi connectivity index (χ1) is 4.86. The zero-order valence-electron chi connectivity index (χ0n) is 5.52. The van der Waals surface area contributed by atoms with Crippen molar-refractivity contribution < 1.29 is 0 Å².